The predicted octanol–water partition coefficient (Wildman–Crippen LogP) is 2.53. The van der Waals surface area contributed by atoms with Gasteiger partial charge >= 0.3 is 0 Å². The first-order chi connectivity index (χ1) is 26.6. The summed E-state index contributed by atoms with van der Waals surface area (Å²) in [5.41, 5.74) is 1.74. The van der Waals surface area contributed by atoms with Gasteiger partial charge in [-0.3, -0.25) is 28.9 Å². The van der Waals surface area contributed by atoms with E-state index in [1.165, 1.54) is 57.0 Å². The molecule has 3 heterocycles. The van der Waals surface area contributed by atoms with E-state index in [0.717, 1.165) is 0 Å². The summed E-state index contributed by atoms with van der Waals surface area (Å²) in [5, 5.41) is 19.9. The minimum atomic E-state index is -1.34. The molecule has 15 heteroatoms. The number of aliphatic hydroxyl groups excluding tert-OH is 1. The number of benzene rings is 3. The predicted molar refractivity (Wildman–Crippen MR) is 204 cm³/mol. The number of nitrogens with one attached hydrogen (secondary N) is 3. The largest absolute Gasteiger partial charge is 0.494 e. The minimum absolute atomic E-state index is 0.00703. The highest BCUT2D eigenvalue weighted by Crippen LogP contribution is 2.33. The molecule has 6 bridgehead atoms. The second kappa shape index (κ2) is 17.9. The smallest absolute Gasteiger partial charge is 0.245 e. The molecule has 0 aromatic heterocycles. The number of likely N-dealkylation sites (N-methyl/N-ethyl adjacent to an activating group) is 2. The minimum Gasteiger partial charge on any atom is -0.494 e. The van der Waals surface area contributed by atoms with Crippen LogP contribution in [0.1, 0.15) is 43.9 Å². The molecule has 0 radical (unpaired) electrons. The van der Waals surface area contributed by atoms with Gasteiger partial charge in [-0.05, 0) is 80.4 Å². The first-order valence-electron chi connectivity index (χ1n) is 18.5. The molecule has 14 nitrogen and oxygen atoms in total. The summed E-state index contributed by atoms with van der Waals surface area (Å²) in [4.78, 5) is 72.3. The Labute approximate surface area is 325 Å². The molecule has 1 fully saturated rings. The molecule has 0 saturated carbocycles. The van der Waals surface area contributed by atoms with E-state index in [0.29, 0.717) is 33.9 Å². The van der Waals surface area contributed by atoms with Gasteiger partial charge in [0.05, 0.1) is 26.3 Å². The molecule has 1 unspecified atom stereocenters. The monoisotopic (exact) mass is 775 g/mol. The Morgan fingerprint density at radius 2 is 1.41 bits per heavy atom. The van der Waals surface area contributed by atoms with Crippen LogP contribution in [0.2, 0.25) is 0 Å². The Kier molecular flexibility index (Phi) is 13.3. The molecular formula is C41H50FN5O9. The van der Waals surface area contributed by atoms with Gasteiger partial charge in [-0.15, -0.1) is 0 Å². The maximum Gasteiger partial charge on any atom is 0.245 e. The summed E-state index contributed by atoms with van der Waals surface area (Å²) >= 11 is 0. The zero-order chi connectivity index (χ0) is 40.8. The third-order valence-electron chi connectivity index (χ3n) is 10.4. The SMILES string of the molecule is COc1ccc(C[C@H]2C(=O)C[C@@H](C)C(O)N(C)[C@H]3Cc4ccc(cc4)Oc4cc(ccc4OC)C[C@H](NC3=O)C(=O)N[C@H](C)C(=O)N[C@@H](C)C(=O)N2C)cc1F. The molecule has 0 spiro atoms. The number of nitrogens with zero attached hydrogens (tertiary/aromatic N) is 2. The van der Waals surface area contributed by atoms with Crippen molar-refractivity contribution in [2.45, 2.75) is 82.9 Å². The van der Waals surface area contributed by atoms with Crippen LogP contribution in [0.4, 0.5) is 4.39 Å². The molecule has 1 saturated heterocycles. The van der Waals surface area contributed by atoms with Crippen LogP contribution in [0.5, 0.6) is 23.0 Å². The van der Waals surface area contributed by atoms with Crippen LogP contribution in [0.25, 0.3) is 0 Å². The average Bonchev–Trinajstić information content (AvgIpc) is 3.17. The van der Waals surface area contributed by atoms with Crippen molar-refractivity contribution in [1.82, 2.24) is 25.8 Å². The van der Waals surface area contributed by atoms with E-state index >= 15 is 0 Å². The Hall–Kier alpha value is -5.54. The van der Waals surface area contributed by atoms with Crippen molar-refractivity contribution in [3.63, 3.8) is 0 Å². The second-order valence-corrected chi connectivity index (χ2v) is 14.5. The maximum absolute atomic E-state index is 14.7. The van der Waals surface area contributed by atoms with Gasteiger partial charge in [-0.1, -0.05) is 31.2 Å². The molecule has 3 aliphatic heterocycles. The molecule has 7 atom stereocenters. The highest BCUT2D eigenvalue weighted by Gasteiger charge is 2.37. The molecular weight excluding hydrogens is 725 g/mol. The van der Waals surface area contributed by atoms with Crippen molar-refractivity contribution in [2.24, 2.45) is 5.92 Å². The quantitative estimate of drug-likeness (QED) is 0.308. The summed E-state index contributed by atoms with van der Waals surface area (Å²) in [5.74, 6) is -3.02. The number of fused-ring (bicyclic) bond motifs is 2. The summed E-state index contributed by atoms with van der Waals surface area (Å²) in [6.45, 7) is 4.55. The molecule has 4 amide bonds. The van der Waals surface area contributed by atoms with Crippen LogP contribution in [-0.2, 0) is 43.2 Å². The van der Waals surface area contributed by atoms with E-state index in [9.17, 15) is 33.5 Å². The highest BCUT2D eigenvalue weighted by atomic mass is 19.1. The van der Waals surface area contributed by atoms with E-state index < -0.39 is 77.6 Å². The molecule has 3 aliphatic rings. The van der Waals surface area contributed by atoms with Gasteiger partial charge in [0.15, 0.2) is 28.8 Å². The summed E-state index contributed by atoms with van der Waals surface area (Å²) in [6.07, 6.45) is -1.55. The number of halogens is 1. The van der Waals surface area contributed by atoms with E-state index in [2.05, 4.69) is 16.0 Å². The number of ketones is 1. The van der Waals surface area contributed by atoms with Crippen LogP contribution in [0, 0.1) is 11.7 Å². The van der Waals surface area contributed by atoms with Crippen molar-refractivity contribution in [2.75, 3.05) is 28.3 Å². The number of carbonyl (C=O) groups is 5. The molecule has 4 N–H and O–H groups in total. The lowest BCUT2D eigenvalue weighted by atomic mass is 9.92. The van der Waals surface area contributed by atoms with Gasteiger partial charge < -0.3 is 40.2 Å². The third-order valence-corrected chi connectivity index (χ3v) is 10.4. The van der Waals surface area contributed by atoms with E-state index in [-0.39, 0.29) is 31.4 Å². The van der Waals surface area contributed by atoms with Crippen LogP contribution < -0.4 is 30.2 Å². The van der Waals surface area contributed by atoms with Crippen LogP contribution in [0.3, 0.4) is 0 Å². The molecule has 3 aromatic rings. The fourth-order valence-corrected chi connectivity index (χ4v) is 7.02. The Balaban J connectivity index is 1.55. The number of hydrogen-bond acceptors (Lipinski definition) is 10. The lowest BCUT2D eigenvalue weighted by Gasteiger charge is -2.36. The molecule has 6 rings (SSSR count). The summed E-state index contributed by atoms with van der Waals surface area (Å²) in [7, 11) is 5.82. The van der Waals surface area contributed by atoms with Crippen molar-refractivity contribution in [1.29, 1.82) is 0 Å². The normalized spacial score (nSPS) is 25.9. The number of aliphatic hydroxyl groups is 1. The van der Waals surface area contributed by atoms with E-state index in [4.69, 9.17) is 14.2 Å². The summed E-state index contributed by atoms with van der Waals surface area (Å²) < 4.78 is 31.4. The van der Waals surface area contributed by atoms with E-state index in [1.54, 1.807) is 62.5 Å². The molecule has 56 heavy (non-hydrogen) atoms. The lowest BCUT2D eigenvalue weighted by Crippen LogP contribution is -2.59. The number of rotatable bonds is 4. The third kappa shape index (κ3) is 9.63. The van der Waals surface area contributed by atoms with E-state index in [1.807, 2.05) is 0 Å². The molecule has 3 aromatic carbocycles. The van der Waals surface area contributed by atoms with Gasteiger partial charge in [0.1, 0.15) is 30.1 Å². The number of methoxy groups -OCH3 is 2. The van der Waals surface area contributed by atoms with Crippen molar-refractivity contribution < 1.29 is 47.7 Å². The zero-order valence-corrected chi connectivity index (χ0v) is 32.6. The number of carbonyl (C=O) groups excluding carboxylic acids is 5. The Morgan fingerprint density at radius 1 is 0.768 bits per heavy atom. The van der Waals surface area contributed by atoms with Crippen molar-refractivity contribution in [3.05, 3.63) is 83.2 Å². The molecule has 300 valence electrons. The number of Topliss-reactive ketones (excluding diaryl/α,β-unsaturated/α-hetero) is 1. The summed E-state index contributed by atoms with van der Waals surface area (Å²) in [6, 6.07) is 10.8. The van der Waals surface area contributed by atoms with Crippen LogP contribution >= 0.6 is 0 Å². The fourth-order valence-electron chi connectivity index (χ4n) is 7.02. The highest BCUT2D eigenvalue weighted by molar-refractivity contribution is 5.96. The second-order valence-electron chi connectivity index (χ2n) is 14.5. The number of amides is 4. The molecule has 0 aliphatic carbocycles. The van der Waals surface area contributed by atoms with Gasteiger partial charge in [-0.2, -0.15) is 0 Å². The van der Waals surface area contributed by atoms with Gasteiger partial charge in [0, 0.05) is 32.2 Å². The standard InChI is InChI=1S/C41H50FN5O9/c1-22-16-33(48)31(20-26-10-14-34(54-6)29(42)17-26)46(4)41(53)24(3)44-37(49)23(2)43-38(50)30-18-27-11-15-35(55-7)36(21-27)56-28-12-8-25(9-13-28)19-32(39(51)45-30)47(5)40(22)52/h8-15,17,21-24,30-32,40,52H,16,18-20H2,1-7H3,(H,43,50)(H,44,49)(H,45,51)/t22-,23-,24+,30+,31+,32+,40?/m1/s1. The zero-order valence-electron chi connectivity index (χ0n) is 32.6. The maximum atomic E-state index is 14.7. The fraction of sp³-hybridized carbons (Fsp3) is 0.439. The number of ether oxygens (including phenoxy) is 3. The van der Waals surface area contributed by atoms with Gasteiger partial charge in [-0.25, -0.2) is 4.39 Å². The lowest BCUT2D eigenvalue weighted by molar-refractivity contribution is -0.143. The van der Waals surface area contributed by atoms with Crippen LogP contribution in [-0.4, -0.2) is 109 Å². The Morgan fingerprint density at radius 3 is 2.07 bits per heavy atom. The average molecular weight is 776 g/mol. The Bertz CT molecular complexity index is 1940. The first kappa shape index (κ1) is 41.6. The van der Waals surface area contributed by atoms with Gasteiger partial charge in [0.2, 0.25) is 23.6 Å². The van der Waals surface area contributed by atoms with Crippen molar-refractivity contribution in [3.8, 4) is 23.0 Å². The number of hydrogen-bond donors (Lipinski definition) is 4. The van der Waals surface area contributed by atoms with Crippen LogP contribution in [0.15, 0.2) is 60.7 Å². The van der Waals surface area contributed by atoms with Crippen molar-refractivity contribution >= 4 is 29.4 Å². The first-order valence-corrected chi connectivity index (χ1v) is 18.5. The topological polar surface area (TPSA) is 176 Å². The van der Waals surface area contributed by atoms with Gasteiger partial charge in [0.25, 0.3) is 0 Å².